The van der Waals surface area contributed by atoms with Crippen molar-refractivity contribution in [2.24, 2.45) is 0 Å². The molecule has 0 radical (unpaired) electrons. The van der Waals surface area contributed by atoms with Crippen molar-refractivity contribution in [2.45, 2.75) is 26.7 Å². The Morgan fingerprint density at radius 1 is 1.19 bits per heavy atom. The number of rotatable bonds is 2. The summed E-state index contributed by atoms with van der Waals surface area (Å²) in [7, 11) is 1.40. The van der Waals surface area contributed by atoms with Gasteiger partial charge in [-0.15, -0.1) is 0 Å². The SMILES string of the molecule is COC(=O)c1cc2c([nH]1)CC/C2=C/c1ccc(C)c(C)c1. The first-order valence-corrected chi connectivity index (χ1v) is 7.17. The molecule has 0 bridgehead atoms. The minimum atomic E-state index is -0.310. The van der Waals surface area contributed by atoms with Gasteiger partial charge >= 0.3 is 5.97 Å². The molecule has 0 atom stereocenters. The molecule has 1 aliphatic rings. The van der Waals surface area contributed by atoms with Gasteiger partial charge < -0.3 is 9.72 Å². The number of allylic oxidation sites excluding steroid dienone is 1. The molecule has 0 spiro atoms. The van der Waals surface area contributed by atoms with Crippen LogP contribution in [-0.4, -0.2) is 18.1 Å². The Morgan fingerprint density at radius 3 is 2.71 bits per heavy atom. The van der Waals surface area contributed by atoms with Gasteiger partial charge in [-0.1, -0.05) is 24.3 Å². The van der Waals surface area contributed by atoms with Gasteiger partial charge in [-0.25, -0.2) is 4.79 Å². The Bertz CT molecular complexity index is 738. The lowest BCUT2D eigenvalue weighted by Crippen LogP contribution is -2.01. The van der Waals surface area contributed by atoms with Crippen LogP contribution in [-0.2, 0) is 11.2 Å². The van der Waals surface area contributed by atoms with Gasteiger partial charge in [0.25, 0.3) is 0 Å². The predicted octanol–water partition coefficient (Wildman–Crippen LogP) is 3.90. The Hall–Kier alpha value is -2.29. The molecule has 0 fully saturated rings. The Labute approximate surface area is 124 Å². The summed E-state index contributed by atoms with van der Waals surface area (Å²) in [6, 6.07) is 8.39. The van der Waals surface area contributed by atoms with Crippen LogP contribution in [0.3, 0.4) is 0 Å². The van der Waals surface area contributed by atoms with E-state index in [2.05, 4.69) is 43.1 Å². The first kappa shape index (κ1) is 13.7. The van der Waals surface area contributed by atoms with Crippen molar-refractivity contribution in [3.63, 3.8) is 0 Å². The summed E-state index contributed by atoms with van der Waals surface area (Å²) in [6.45, 7) is 4.25. The highest BCUT2D eigenvalue weighted by atomic mass is 16.5. The van der Waals surface area contributed by atoms with Gasteiger partial charge in [-0.2, -0.15) is 0 Å². The van der Waals surface area contributed by atoms with E-state index in [-0.39, 0.29) is 5.97 Å². The number of benzene rings is 1. The lowest BCUT2D eigenvalue weighted by atomic mass is 10.0. The van der Waals surface area contributed by atoms with E-state index in [0.29, 0.717) is 5.69 Å². The molecule has 1 aromatic carbocycles. The molecule has 108 valence electrons. The fourth-order valence-electron chi connectivity index (χ4n) is 2.80. The Balaban J connectivity index is 1.96. The van der Waals surface area contributed by atoms with Crippen LogP contribution >= 0.6 is 0 Å². The third-order valence-corrected chi connectivity index (χ3v) is 4.17. The standard InChI is InChI=1S/C18H19NO2/c1-11-4-5-13(8-12(11)2)9-14-6-7-16-15(14)10-17(19-16)18(20)21-3/h4-5,8-10,19H,6-7H2,1-3H3/b14-9-. The number of aryl methyl sites for hydroxylation is 3. The molecule has 3 rings (SSSR count). The van der Waals surface area contributed by atoms with E-state index in [0.717, 1.165) is 24.1 Å². The van der Waals surface area contributed by atoms with Crippen LogP contribution in [0.4, 0.5) is 0 Å². The molecular weight excluding hydrogens is 262 g/mol. The minimum absolute atomic E-state index is 0.310. The second kappa shape index (κ2) is 5.24. The lowest BCUT2D eigenvalue weighted by Gasteiger charge is -2.03. The molecule has 0 saturated heterocycles. The number of hydrogen-bond donors (Lipinski definition) is 1. The van der Waals surface area contributed by atoms with Crippen LogP contribution in [0.1, 0.15) is 44.9 Å². The second-order valence-corrected chi connectivity index (χ2v) is 5.58. The summed E-state index contributed by atoms with van der Waals surface area (Å²) in [4.78, 5) is 14.8. The van der Waals surface area contributed by atoms with E-state index in [1.165, 1.54) is 29.4 Å². The van der Waals surface area contributed by atoms with Crippen molar-refractivity contribution in [2.75, 3.05) is 7.11 Å². The van der Waals surface area contributed by atoms with E-state index in [9.17, 15) is 4.79 Å². The van der Waals surface area contributed by atoms with Crippen LogP contribution in [0.15, 0.2) is 24.3 Å². The number of methoxy groups -OCH3 is 1. The first-order chi connectivity index (χ1) is 10.1. The molecule has 1 aromatic heterocycles. The van der Waals surface area contributed by atoms with E-state index in [1.807, 2.05) is 6.07 Å². The van der Waals surface area contributed by atoms with Gasteiger partial charge in [0.1, 0.15) is 5.69 Å². The number of nitrogens with one attached hydrogen (secondary N) is 1. The molecule has 2 aromatic rings. The monoisotopic (exact) mass is 281 g/mol. The molecule has 1 N–H and O–H groups in total. The molecule has 3 nitrogen and oxygen atoms in total. The number of carbonyl (C=O) groups excluding carboxylic acids is 1. The van der Waals surface area contributed by atoms with Crippen molar-refractivity contribution >= 4 is 17.6 Å². The average molecular weight is 281 g/mol. The summed E-state index contributed by atoms with van der Waals surface area (Å²) in [5.74, 6) is -0.310. The van der Waals surface area contributed by atoms with E-state index in [1.54, 1.807) is 0 Å². The highest BCUT2D eigenvalue weighted by Crippen LogP contribution is 2.34. The highest BCUT2D eigenvalue weighted by molar-refractivity contribution is 5.92. The first-order valence-electron chi connectivity index (χ1n) is 7.17. The van der Waals surface area contributed by atoms with E-state index in [4.69, 9.17) is 4.74 Å². The largest absolute Gasteiger partial charge is 0.464 e. The zero-order chi connectivity index (χ0) is 15.0. The van der Waals surface area contributed by atoms with Crippen LogP contribution in [0.25, 0.3) is 11.6 Å². The van der Waals surface area contributed by atoms with Gasteiger partial charge in [0.15, 0.2) is 0 Å². The number of fused-ring (bicyclic) bond motifs is 1. The van der Waals surface area contributed by atoms with Crippen molar-refractivity contribution < 1.29 is 9.53 Å². The van der Waals surface area contributed by atoms with Crippen LogP contribution in [0.2, 0.25) is 0 Å². The van der Waals surface area contributed by atoms with Crippen LogP contribution in [0, 0.1) is 13.8 Å². The lowest BCUT2D eigenvalue weighted by molar-refractivity contribution is 0.0594. The average Bonchev–Trinajstić information content (AvgIpc) is 3.04. The molecule has 0 unspecified atom stereocenters. The summed E-state index contributed by atoms with van der Waals surface area (Å²) in [5.41, 5.74) is 7.90. The van der Waals surface area contributed by atoms with Crippen LogP contribution in [0.5, 0.6) is 0 Å². The highest BCUT2D eigenvalue weighted by Gasteiger charge is 2.21. The number of esters is 1. The van der Waals surface area contributed by atoms with Gasteiger partial charge in [0.05, 0.1) is 7.11 Å². The molecule has 0 saturated carbocycles. The molecule has 3 heteroatoms. The second-order valence-electron chi connectivity index (χ2n) is 5.58. The Morgan fingerprint density at radius 2 is 2.00 bits per heavy atom. The molecule has 21 heavy (non-hydrogen) atoms. The molecule has 1 aliphatic carbocycles. The quantitative estimate of drug-likeness (QED) is 0.848. The fourth-order valence-corrected chi connectivity index (χ4v) is 2.80. The molecule has 0 amide bonds. The summed E-state index contributed by atoms with van der Waals surface area (Å²) >= 11 is 0. The number of hydrogen-bond acceptors (Lipinski definition) is 2. The van der Waals surface area contributed by atoms with Gasteiger partial charge in [-0.3, -0.25) is 0 Å². The third kappa shape index (κ3) is 2.51. The Kier molecular flexibility index (Phi) is 3.42. The number of carbonyl (C=O) groups is 1. The zero-order valence-electron chi connectivity index (χ0n) is 12.6. The van der Waals surface area contributed by atoms with Crippen molar-refractivity contribution in [1.82, 2.24) is 4.98 Å². The maximum Gasteiger partial charge on any atom is 0.354 e. The maximum absolute atomic E-state index is 11.6. The molecule has 1 heterocycles. The number of ether oxygens (including phenoxy) is 1. The normalized spacial score (nSPS) is 15.3. The summed E-state index contributed by atoms with van der Waals surface area (Å²) in [5, 5.41) is 0. The van der Waals surface area contributed by atoms with Gasteiger partial charge in [0.2, 0.25) is 0 Å². The predicted molar refractivity (Wildman–Crippen MR) is 84.2 cm³/mol. The van der Waals surface area contributed by atoms with Gasteiger partial charge in [-0.05, 0) is 60.6 Å². The van der Waals surface area contributed by atoms with Gasteiger partial charge in [0, 0.05) is 5.69 Å². The summed E-state index contributed by atoms with van der Waals surface area (Å²) in [6.07, 6.45) is 4.17. The van der Waals surface area contributed by atoms with E-state index >= 15 is 0 Å². The molecule has 0 aliphatic heterocycles. The van der Waals surface area contributed by atoms with Crippen LogP contribution < -0.4 is 0 Å². The summed E-state index contributed by atoms with van der Waals surface area (Å²) < 4.78 is 4.77. The van der Waals surface area contributed by atoms with Crippen molar-refractivity contribution in [3.05, 3.63) is 57.9 Å². The minimum Gasteiger partial charge on any atom is -0.464 e. The van der Waals surface area contributed by atoms with Crippen molar-refractivity contribution in [3.8, 4) is 0 Å². The fraction of sp³-hybridized carbons (Fsp3) is 0.278. The van der Waals surface area contributed by atoms with E-state index < -0.39 is 0 Å². The smallest absolute Gasteiger partial charge is 0.354 e. The zero-order valence-corrected chi connectivity index (χ0v) is 12.6. The molecular formula is C18H19NO2. The number of aromatic nitrogens is 1. The topological polar surface area (TPSA) is 42.1 Å². The van der Waals surface area contributed by atoms with Crippen molar-refractivity contribution in [1.29, 1.82) is 0 Å². The number of H-pyrrole nitrogens is 1. The number of aromatic amines is 1. The third-order valence-electron chi connectivity index (χ3n) is 4.17. The maximum atomic E-state index is 11.6.